The molecule has 2 rings (SSSR count). The predicted molar refractivity (Wildman–Crippen MR) is 62.3 cm³/mol. The first-order valence-electron chi connectivity index (χ1n) is 4.96. The molecule has 0 saturated heterocycles. The average molecular weight is 269 g/mol. The molecule has 0 fully saturated rings. The van der Waals surface area contributed by atoms with Crippen molar-refractivity contribution >= 4 is 21.8 Å². The summed E-state index contributed by atoms with van der Waals surface area (Å²) in [5, 5.41) is 0. The number of hydrogen-bond acceptors (Lipinski definition) is 2. The van der Waals surface area contributed by atoms with Crippen LogP contribution in [-0.4, -0.2) is 23.9 Å². The Hall–Kier alpha value is -0.870. The number of nitrogens with zero attached hydrogens (tertiary/aromatic N) is 1. The summed E-state index contributed by atoms with van der Waals surface area (Å²) >= 11 is 3.51. The number of hydrogen-bond donors (Lipinski definition) is 1. The van der Waals surface area contributed by atoms with Crippen LogP contribution in [0.3, 0.4) is 0 Å². The van der Waals surface area contributed by atoms with Crippen molar-refractivity contribution in [2.45, 2.75) is 13.0 Å². The summed E-state index contributed by atoms with van der Waals surface area (Å²) in [5.41, 5.74) is 7.90. The van der Waals surface area contributed by atoms with Gasteiger partial charge in [0.15, 0.2) is 0 Å². The molecule has 3 nitrogen and oxygen atoms in total. The first-order valence-corrected chi connectivity index (χ1v) is 5.76. The molecule has 0 bridgehead atoms. The smallest absolute Gasteiger partial charge is 0.236 e. The van der Waals surface area contributed by atoms with Crippen LogP contribution in [0.5, 0.6) is 0 Å². The molecule has 0 spiro atoms. The molecule has 1 aliphatic heterocycles. The Labute approximate surface area is 97.4 Å². The molecular weight excluding hydrogens is 256 g/mol. The lowest BCUT2D eigenvalue weighted by Crippen LogP contribution is -2.39. The molecule has 1 aromatic rings. The van der Waals surface area contributed by atoms with Crippen LogP contribution in [0.15, 0.2) is 22.7 Å². The maximum Gasteiger partial charge on any atom is 0.236 e. The first-order chi connectivity index (χ1) is 7.22. The van der Waals surface area contributed by atoms with Crippen molar-refractivity contribution in [1.29, 1.82) is 0 Å². The molecular formula is C11H13BrN2O. The van der Waals surface area contributed by atoms with Gasteiger partial charge in [-0.1, -0.05) is 28.1 Å². The third kappa shape index (κ3) is 2.06. The molecule has 1 heterocycles. The highest BCUT2D eigenvalue weighted by molar-refractivity contribution is 9.10. The summed E-state index contributed by atoms with van der Waals surface area (Å²) in [6.07, 6.45) is 0.917. The van der Waals surface area contributed by atoms with Gasteiger partial charge >= 0.3 is 0 Å². The quantitative estimate of drug-likeness (QED) is 0.835. The van der Waals surface area contributed by atoms with Gasteiger partial charge in [-0.15, -0.1) is 0 Å². The Bertz CT molecular complexity index is 392. The van der Waals surface area contributed by atoms with E-state index < -0.39 is 0 Å². The fourth-order valence-corrected chi connectivity index (χ4v) is 2.41. The van der Waals surface area contributed by atoms with E-state index in [0.717, 1.165) is 17.4 Å². The molecule has 0 unspecified atom stereocenters. The van der Waals surface area contributed by atoms with E-state index in [9.17, 15) is 4.79 Å². The molecule has 0 saturated carbocycles. The topological polar surface area (TPSA) is 46.3 Å². The van der Waals surface area contributed by atoms with E-state index in [1.54, 1.807) is 0 Å². The second-order valence-corrected chi connectivity index (χ2v) is 4.50. The number of carbonyl (C=O) groups is 1. The number of nitrogens with two attached hydrogens (primary N) is 1. The summed E-state index contributed by atoms with van der Waals surface area (Å²) in [6, 6.07) is 6.16. The van der Waals surface area contributed by atoms with Crippen molar-refractivity contribution < 1.29 is 4.79 Å². The first kappa shape index (κ1) is 10.6. The maximum absolute atomic E-state index is 11.5. The number of rotatable bonds is 1. The molecule has 0 atom stereocenters. The minimum Gasteiger partial charge on any atom is -0.337 e. The zero-order valence-electron chi connectivity index (χ0n) is 8.37. The van der Waals surface area contributed by atoms with E-state index in [0.29, 0.717) is 6.54 Å². The molecule has 0 radical (unpaired) electrons. The van der Waals surface area contributed by atoms with Crippen LogP contribution < -0.4 is 5.73 Å². The Balaban J connectivity index is 2.26. The maximum atomic E-state index is 11.5. The van der Waals surface area contributed by atoms with Gasteiger partial charge < -0.3 is 10.6 Å². The predicted octanol–water partition coefficient (Wildman–Crippen LogP) is 1.29. The van der Waals surface area contributed by atoms with Crippen molar-refractivity contribution in [3.8, 4) is 0 Å². The van der Waals surface area contributed by atoms with E-state index in [1.807, 2.05) is 17.0 Å². The molecule has 1 amide bonds. The van der Waals surface area contributed by atoms with Crippen LogP contribution in [0.1, 0.15) is 11.1 Å². The molecule has 2 N–H and O–H groups in total. The minimum absolute atomic E-state index is 0.0244. The summed E-state index contributed by atoms with van der Waals surface area (Å²) in [7, 11) is 0. The highest BCUT2D eigenvalue weighted by atomic mass is 79.9. The zero-order chi connectivity index (χ0) is 10.8. The van der Waals surface area contributed by atoms with Gasteiger partial charge in [0.1, 0.15) is 0 Å². The normalized spacial score (nSPS) is 14.9. The zero-order valence-corrected chi connectivity index (χ0v) is 9.96. The van der Waals surface area contributed by atoms with Crippen molar-refractivity contribution in [3.63, 3.8) is 0 Å². The van der Waals surface area contributed by atoms with Gasteiger partial charge in [-0.2, -0.15) is 0 Å². The highest BCUT2D eigenvalue weighted by Gasteiger charge is 2.20. The van der Waals surface area contributed by atoms with Crippen molar-refractivity contribution in [1.82, 2.24) is 4.90 Å². The molecule has 0 aromatic heterocycles. The second-order valence-electron chi connectivity index (χ2n) is 3.65. The number of fused-ring (bicyclic) bond motifs is 1. The van der Waals surface area contributed by atoms with E-state index in [4.69, 9.17) is 5.73 Å². The van der Waals surface area contributed by atoms with E-state index in [-0.39, 0.29) is 12.5 Å². The molecule has 4 heteroatoms. The van der Waals surface area contributed by atoms with E-state index in [2.05, 4.69) is 22.0 Å². The number of carbonyl (C=O) groups excluding carboxylic acids is 1. The van der Waals surface area contributed by atoms with E-state index >= 15 is 0 Å². The second kappa shape index (κ2) is 4.33. The summed E-state index contributed by atoms with van der Waals surface area (Å²) in [5.74, 6) is 0.0244. The van der Waals surface area contributed by atoms with Crippen LogP contribution in [0.25, 0.3) is 0 Å². The van der Waals surface area contributed by atoms with Gasteiger partial charge in [-0.05, 0) is 23.6 Å². The Morgan fingerprint density at radius 2 is 2.33 bits per heavy atom. The van der Waals surface area contributed by atoms with Crippen LogP contribution >= 0.6 is 15.9 Å². The fraction of sp³-hybridized carbons (Fsp3) is 0.364. The lowest BCUT2D eigenvalue weighted by molar-refractivity contribution is -0.130. The third-order valence-electron chi connectivity index (χ3n) is 2.74. The van der Waals surface area contributed by atoms with E-state index in [1.165, 1.54) is 11.1 Å². The van der Waals surface area contributed by atoms with Crippen molar-refractivity contribution in [2.75, 3.05) is 13.1 Å². The molecule has 1 aliphatic rings. The Morgan fingerprint density at radius 3 is 3.07 bits per heavy atom. The Morgan fingerprint density at radius 1 is 1.53 bits per heavy atom. The summed E-state index contributed by atoms with van der Waals surface area (Å²) in [6.45, 7) is 1.55. The lowest BCUT2D eigenvalue weighted by Gasteiger charge is -2.29. The third-order valence-corrected chi connectivity index (χ3v) is 3.49. The monoisotopic (exact) mass is 268 g/mol. The standard InChI is InChI=1S/C11H13BrN2O/c12-10-3-1-2-8-4-5-14(7-9(8)10)11(15)6-13/h1-3H,4-7,13H2. The summed E-state index contributed by atoms with van der Waals surface area (Å²) in [4.78, 5) is 13.3. The van der Waals surface area contributed by atoms with Crippen molar-refractivity contribution in [2.24, 2.45) is 5.73 Å². The fourth-order valence-electron chi connectivity index (χ4n) is 1.88. The molecule has 80 valence electrons. The SMILES string of the molecule is NCC(=O)N1CCc2cccc(Br)c2C1. The van der Waals surface area contributed by atoms with Crippen LogP contribution in [-0.2, 0) is 17.8 Å². The summed E-state index contributed by atoms with van der Waals surface area (Å²) < 4.78 is 1.08. The largest absolute Gasteiger partial charge is 0.337 e. The highest BCUT2D eigenvalue weighted by Crippen LogP contribution is 2.26. The van der Waals surface area contributed by atoms with Gasteiger partial charge in [0.2, 0.25) is 5.91 Å². The van der Waals surface area contributed by atoms with Gasteiger partial charge in [-0.25, -0.2) is 0 Å². The molecule has 15 heavy (non-hydrogen) atoms. The van der Waals surface area contributed by atoms with Gasteiger partial charge in [-0.3, -0.25) is 4.79 Å². The van der Waals surface area contributed by atoms with Crippen LogP contribution in [0.4, 0.5) is 0 Å². The van der Waals surface area contributed by atoms with Crippen LogP contribution in [0, 0.1) is 0 Å². The number of benzene rings is 1. The lowest BCUT2D eigenvalue weighted by atomic mass is 10.00. The minimum atomic E-state index is 0.0244. The van der Waals surface area contributed by atoms with Gasteiger partial charge in [0.05, 0.1) is 6.54 Å². The Kier molecular flexibility index (Phi) is 3.07. The molecule has 0 aliphatic carbocycles. The average Bonchev–Trinajstić information content (AvgIpc) is 2.28. The van der Waals surface area contributed by atoms with Crippen LogP contribution in [0.2, 0.25) is 0 Å². The molecule has 1 aromatic carbocycles. The number of amides is 1. The van der Waals surface area contributed by atoms with Crippen molar-refractivity contribution in [3.05, 3.63) is 33.8 Å². The van der Waals surface area contributed by atoms with Gasteiger partial charge in [0.25, 0.3) is 0 Å². The number of halogens is 1. The van der Waals surface area contributed by atoms with Gasteiger partial charge in [0, 0.05) is 17.6 Å².